The van der Waals surface area contributed by atoms with Crippen molar-refractivity contribution in [3.63, 3.8) is 0 Å². The van der Waals surface area contributed by atoms with Gasteiger partial charge in [0.2, 0.25) is 0 Å². The first-order valence-electron chi connectivity index (χ1n) is 5.67. The molecule has 0 unspecified atom stereocenters. The highest BCUT2D eigenvalue weighted by Crippen LogP contribution is 2.26. The zero-order valence-electron chi connectivity index (χ0n) is 10.4. The third kappa shape index (κ3) is 2.98. The lowest BCUT2D eigenvalue weighted by atomic mass is 10.2. The second-order valence-corrected chi connectivity index (χ2v) is 4.71. The van der Waals surface area contributed by atoms with E-state index in [9.17, 15) is 17.6 Å². The molecule has 0 spiro atoms. The second kappa shape index (κ2) is 4.97. The van der Waals surface area contributed by atoms with E-state index in [-0.39, 0.29) is 19.3 Å². The second-order valence-electron chi connectivity index (χ2n) is 4.71. The fourth-order valence-electron chi connectivity index (χ4n) is 1.68. The van der Waals surface area contributed by atoms with Gasteiger partial charge in [-0.05, 0) is 13.8 Å². The molecule has 0 atom stereocenters. The lowest BCUT2D eigenvalue weighted by molar-refractivity contribution is -0.247. The Bertz CT molecular complexity index is 457. The summed E-state index contributed by atoms with van der Waals surface area (Å²) in [6.45, 7) is 3.58. The molecule has 2 rings (SSSR count). The molecule has 1 aromatic rings. The summed E-state index contributed by atoms with van der Waals surface area (Å²) in [4.78, 5) is 0. The van der Waals surface area contributed by atoms with Crippen LogP contribution in [-0.4, -0.2) is 25.0 Å². The van der Waals surface area contributed by atoms with Crippen LogP contribution in [-0.2, 0) is 9.47 Å². The molecule has 0 aliphatic carbocycles. The van der Waals surface area contributed by atoms with Crippen LogP contribution in [0.1, 0.15) is 13.8 Å². The topological polar surface area (TPSA) is 30.5 Å². The fourth-order valence-corrected chi connectivity index (χ4v) is 1.68. The van der Waals surface area contributed by atoms with E-state index in [0.29, 0.717) is 0 Å². The number of ether oxygens (including phenoxy) is 2. The normalized spacial score (nSPS) is 19.5. The summed E-state index contributed by atoms with van der Waals surface area (Å²) < 4.78 is 63.4. The Morgan fingerprint density at radius 2 is 1.53 bits per heavy atom. The Labute approximate surface area is 107 Å². The third-order valence-corrected chi connectivity index (χ3v) is 2.72. The van der Waals surface area contributed by atoms with E-state index < -0.39 is 40.8 Å². The minimum absolute atomic E-state index is 0.101. The number of hydrogen-bond donors (Lipinski definition) is 1. The van der Waals surface area contributed by atoms with Gasteiger partial charge in [0.05, 0.1) is 19.3 Å². The van der Waals surface area contributed by atoms with Crippen molar-refractivity contribution in [3.8, 4) is 0 Å². The van der Waals surface area contributed by atoms with Gasteiger partial charge in [0, 0.05) is 6.07 Å². The van der Waals surface area contributed by atoms with Crippen molar-refractivity contribution in [2.45, 2.75) is 25.7 Å². The molecule has 1 aliphatic heterocycles. The van der Waals surface area contributed by atoms with E-state index in [4.69, 9.17) is 9.47 Å². The van der Waals surface area contributed by atoms with Crippen molar-refractivity contribution >= 4 is 5.69 Å². The lowest BCUT2D eigenvalue weighted by Crippen LogP contribution is -2.45. The van der Waals surface area contributed by atoms with Gasteiger partial charge in [0.25, 0.3) is 0 Å². The van der Waals surface area contributed by atoms with Crippen LogP contribution in [0.2, 0.25) is 0 Å². The van der Waals surface area contributed by atoms with Crippen molar-refractivity contribution in [2.24, 2.45) is 0 Å². The molecule has 0 saturated carbocycles. The Morgan fingerprint density at radius 3 is 2.00 bits per heavy atom. The summed E-state index contributed by atoms with van der Waals surface area (Å²) in [5.41, 5.74) is -0.852. The van der Waals surface area contributed by atoms with Crippen molar-refractivity contribution < 1.29 is 27.0 Å². The maximum atomic E-state index is 13.4. The van der Waals surface area contributed by atoms with Crippen LogP contribution in [0, 0.1) is 23.3 Å². The Hall–Kier alpha value is -1.34. The van der Waals surface area contributed by atoms with E-state index in [1.807, 2.05) is 0 Å². The molecular weight excluding hydrogens is 266 g/mol. The van der Waals surface area contributed by atoms with E-state index in [1.54, 1.807) is 13.8 Å². The molecule has 19 heavy (non-hydrogen) atoms. The van der Waals surface area contributed by atoms with Gasteiger partial charge in [0.15, 0.2) is 29.1 Å². The summed E-state index contributed by atoms with van der Waals surface area (Å²) in [5, 5.41) is 2.36. The van der Waals surface area contributed by atoms with Gasteiger partial charge in [-0.2, -0.15) is 0 Å². The average Bonchev–Trinajstić information content (AvgIpc) is 2.34. The summed E-state index contributed by atoms with van der Waals surface area (Å²) in [7, 11) is 0. The first kappa shape index (κ1) is 14.1. The van der Waals surface area contributed by atoms with Crippen LogP contribution in [0.5, 0.6) is 0 Å². The molecule has 0 bridgehead atoms. The van der Waals surface area contributed by atoms with E-state index >= 15 is 0 Å². The average molecular weight is 279 g/mol. The molecule has 1 saturated heterocycles. The quantitative estimate of drug-likeness (QED) is 0.667. The van der Waals surface area contributed by atoms with Crippen molar-refractivity contribution in [1.29, 1.82) is 0 Å². The Morgan fingerprint density at radius 1 is 1.05 bits per heavy atom. The van der Waals surface area contributed by atoms with Gasteiger partial charge in [-0.15, -0.1) is 0 Å². The Balaban J connectivity index is 2.16. The molecule has 1 fully saturated rings. The molecule has 1 aliphatic rings. The van der Waals surface area contributed by atoms with Crippen molar-refractivity contribution in [2.75, 3.05) is 18.5 Å². The monoisotopic (exact) mass is 279 g/mol. The van der Waals surface area contributed by atoms with Gasteiger partial charge in [-0.3, -0.25) is 0 Å². The minimum atomic E-state index is -1.47. The van der Waals surface area contributed by atoms with E-state index in [2.05, 4.69) is 5.32 Å². The maximum Gasteiger partial charge on any atom is 0.185 e. The molecule has 1 aromatic carbocycles. The number of nitrogens with one attached hydrogen (secondary N) is 1. The first-order valence-corrected chi connectivity index (χ1v) is 5.67. The fraction of sp³-hybridized carbons (Fsp3) is 0.500. The van der Waals surface area contributed by atoms with Crippen LogP contribution in [0.25, 0.3) is 0 Å². The SMILES string of the molecule is CC1(C)OCC(Nc2c(F)c(F)cc(F)c2F)CO1. The molecule has 0 aromatic heterocycles. The molecule has 106 valence electrons. The Kier molecular flexibility index (Phi) is 3.69. The van der Waals surface area contributed by atoms with Crippen LogP contribution < -0.4 is 5.32 Å². The molecule has 1 heterocycles. The van der Waals surface area contributed by atoms with Crippen LogP contribution in [0.4, 0.5) is 23.2 Å². The molecule has 1 N–H and O–H groups in total. The molecule has 3 nitrogen and oxygen atoms in total. The third-order valence-electron chi connectivity index (χ3n) is 2.72. The van der Waals surface area contributed by atoms with Gasteiger partial charge in [0.1, 0.15) is 5.69 Å². The zero-order chi connectivity index (χ0) is 14.2. The number of halogens is 4. The highest BCUT2D eigenvalue weighted by atomic mass is 19.2. The summed E-state index contributed by atoms with van der Waals surface area (Å²) in [5.74, 6) is -6.64. The lowest BCUT2D eigenvalue weighted by Gasteiger charge is -2.35. The van der Waals surface area contributed by atoms with Gasteiger partial charge < -0.3 is 14.8 Å². The van der Waals surface area contributed by atoms with Gasteiger partial charge >= 0.3 is 0 Å². The summed E-state index contributed by atoms with van der Waals surface area (Å²) >= 11 is 0. The highest BCUT2D eigenvalue weighted by Gasteiger charge is 2.30. The zero-order valence-corrected chi connectivity index (χ0v) is 10.4. The summed E-state index contributed by atoms with van der Waals surface area (Å²) in [6.07, 6.45) is 0. The van der Waals surface area contributed by atoms with Crippen molar-refractivity contribution in [1.82, 2.24) is 0 Å². The van der Waals surface area contributed by atoms with Crippen LogP contribution in [0.15, 0.2) is 6.07 Å². The molecule has 7 heteroatoms. The predicted molar refractivity (Wildman–Crippen MR) is 59.7 cm³/mol. The smallest absolute Gasteiger partial charge is 0.185 e. The first-order chi connectivity index (χ1) is 8.80. The molecular formula is C12H13F4NO2. The molecule has 0 amide bonds. The maximum absolute atomic E-state index is 13.4. The summed E-state index contributed by atoms with van der Waals surface area (Å²) in [6, 6.07) is -0.439. The van der Waals surface area contributed by atoms with Gasteiger partial charge in [-0.25, -0.2) is 17.6 Å². The predicted octanol–water partition coefficient (Wildman–Crippen LogP) is 2.81. The van der Waals surface area contributed by atoms with Gasteiger partial charge in [-0.1, -0.05) is 0 Å². The highest BCUT2D eigenvalue weighted by molar-refractivity contribution is 5.48. The largest absolute Gasteiger partial charge is 0.373 e. The number of anilines is 1. The van der Waals surface area contributed by atoms with Crippen LogP contribution >= 0.6 is 0 Å². The number of hydrogen-bond acceptors (Lipinski definition) is 3. The number of benzene rings is 1. The standard InChI is InChI=1S/C12H13F4NO2/c1-12(2)18-4-6(5-19-12)17-11-9(15)7(13)3-8(14)10(11)16/h3,6,17H,4-5H2,1-2H3. The van der Waals surface area contributed by atoms with E-state index in [1.165, 1.54) is 0 Å². The van der Waals surface area contributed by atoms with Crippen molar-refractivity contribution in [3.05, 3.63) is 29.3 Å². The van der Waals surface area contributed by atoms with E-state index in [0.717, 1.165) is 0 Å². The minimum Gasteiger partial charge on any atom is -0.373 e. The number of rotatable bonds is 2. The molecule has 0 radical (unpaired) electrons. The van der Waals surface area contributed by atoms with Crippen LogP contribution in [0.3, 0.4) is 0 Å².